The maximum atomic E-state index is 12.4. The van der Waals surface area contributed by atoms with Crippen molar-refractivity contribution >= 4 is 28.8 Å². The fourth-order valence-corrected chi connectivity index (χ4v) is 4.28. The van der Waals surface area contributed by atoms with Crippen LogP contribution in [0.2, 0.25) is 0 Å². The van der Waals surface area contributed by atoms with Crippen molar-refractivity contribution in [2.24, 2.45) is 5.92 Å². The highest BCUT2D eigenvalue weighted by Gasteiger charge is 2.35. The number of anilines is 1. The lowest BCUT2D eigenvalue weighted by Gasteiger charge is -2.18. The van der Waals surface area contributed by atoms with E-state index in [1.54, 1.807) is 16.2 Å². The molecule has 1 saturated heterocycles. The molecule has 5 nitrogen and oxygen atoms in total. The number of benzene rings is 1. The van der Waals surface area contributed by atoms with Gasteiger partial charge in [-0.2, -0.15) is 0 Å². The van der Waals surface area contributed by atoms with E-state index < -0.39 is 0 Å². The number of rotatable bonds is 4. The number of aryl methyl sites for hydroxylation is 3. The zero-order valence-electron chi connectivity index (χ0n) is 14.2. The van der Waals surface area contributed by atoms with Crippen LogP contribution in [-0.2, 0) is 29.0 Å². The van der Waals surface area contributed by atoms with E-state index in [2.05, 4.69) is 22.4 Å². The highest BCUT2D eigenvalue weighted by molar-refractivity contribution is 7.09. The molecule has 2 heterocycles. The van der Waals surface area contributed by atoms with Crippen molar-refractivity contribution in [3.05, 3.63) is 45.4 Å². The lowest BCUT2D eigenvalue weighted by molar-refractivity contribution is -0.126. The number of fused-ring (bicyclic) bond motifs is 1. The molecule has 25 heavy (non-hydrogen) atoms. The third-order valence-electron chi connectivity index (χ3n) is 5.00. The van der Waals surface area contributed by atoms with E-state index in [1.165, 1.54) is 17.5 Å². The van der Waals surface area contributed by atoms with Crippen molar-refractivity contribution in [3.63, 3.8) is 0 Å². The number of carbonyl (C=O) groups excluding carboxylic acids is 2. The minimum absolute atomic E-state index is 0.0302. The number of carbonyl (C=O) groups is 2. The van der Waals surface area contributed by atoms with Crippen LogP contribution < -0.4 is 10.2 Å². The molecule has 130 valence electrons. The number of aromatic nitrogens is 1. The Morgan fingerprint density at radius 3 is 3.00 bits per heavy atom. The van der Waals surface area contributed by atoms with Crippen LogP contribution in [0.25, 0.3) is 0 Å². The van der Waals surface area contributed by atoms with Gasteiger partial charge in [-0.1, -0.05) is 6.07 Å². The highest BCUT2D eigenvalue weighted by Crippen LogP contribution is 2.30. The standard InChI is InChI=1S/C19H21N3O2S/c1-12-21-16(11-25-12)9-20-19(24)15-8-18(23)22(10-15)17-6-5-13-3-2-4-14(13)7-17/h5-7,11,15H,2-4,8-10H2,1H3,(H,20,24). The number of thiazole rings is 1. The molecule has 0 radical (unpaired) electrons. The summed E-state index contributed by atoms with van der Waals surface area (Å²) in [6.07, 6.45) is 3.68. The summed E-state index contributed by atoms with van der Waals surface area (Å²) in [5.41, 5.74) is 4.53. The Bertz CT molecular complexity index is 830. The van der Waals surface area contributed by atoms with Crippen LogP contribution >= 0.6 is 11.3 Å². The number of nitrogens with one attached hydrogen (secondary N) is 1. The lowest BCUT2D eigenvalue weighted by Crippen LogP contribution is -2.32. The summed E-state index contributed by atoms with van der Waals surface area (Å²) in [7, 11) is 0. The van der Waals surface area contributed by atoms with E-state index in [4.69, 9.17) is 0 Å². The van der Waals surface area contributed by atoms with Gasteiger partial charge in [0.15, 0.2) is 0 Å². The SMILES string of the molecule is Cc1nc(CNC(=O)C2CC(=O)N(c3ccc4c(c3)CCC4)C2)cs1. The Morgan fingerprint density at radius 2 is 2.20 bits per heavy atom. The molecular formula is C19H21N3O2S. The summed E-state index contributed by atoms with van der Waals surface area (Å²) in [4.78, 5) is 30.9. The molecule has 1 atom stereocenters. The van der Waals surface area contributed by atoms with Crippen LogP contribution in [0.1, 0.15) is 34.7 Å². The van der Waals surface area contributed by atoms with Gasteiger partial charge in [-0.15, -0.1) is 11.3 Å². The number of hydrogen-bond donors (Lipinski definition) is 1. The second-order valence-corrected chi connectivity index (χ2v) is 7.85. The van der Waals surface area contributed by atoms with Gasteiger partial charge in [0, 0.05) is 24.0 Å². The summed E-state index contributed by atoms with van der Waals surface area (Å²) >= 11 is 1.57. The highest BCUT2D eigenvalue weighted by atomic mass is 32.1. The normalized spacial score (nSPS) is 19.3. The van der Waals surface area contributed by atoms with Gasteiger partial charge in [-0.05, 0) is 49.4 Å². The number of hydrogen-bond acceptors (Lipinski definition) is 4. The van der Waals surface area contributed by atoms with Gasteiger partial charge in [0.2, 0.25) is 11.8 Å². The van der Waals surface area contributed by atoms with Crippen molar-refractivity contribution in [1.82, 2.24) is 10.3 Å². The largest absolute Gasteiger partial charge is 0.350 e. The van der Waals surface area contributed by atoms with E-state index in [0.29, 0.717) is 13.1 Å². The van der Waals surface area contributed by atoms with Gasteiger partial charge in [0.05, 0.1) is 23.2 Å². The fourth-order valence-electron chi connectivity index (χ4n) is 3.67. The Labute approximate surface area is 151 Å². The first-order valence-electron chi connectivity index (χ1n) is 8.71. The van der Waals surface area contributed by atoms with Gasteiger partial charge in [-0.3, -0.25) is 9.59 Å². The molecule has 0 spiro atoms. The maximum absolute atomic E-state index is 12.4. The van der Waals surface area contributed by atoms with Crippen molar-refractivity contribution in [2.75, 3.05) is 11.4 Å². The molecule has 4 rings (SSSR count). The Kier molecular flexibility index (Phi) is 4.29. The molecule has 6 heteroatoms. The van der Waals surface area contributed by atoms with Crippen LogP contribution in [0.15, 0.2) is 23.6 Å². The molecule has 1 aliphatic heterocycles. The minimum Gasteiger partial charge on any atom is -0.350 e. The predicted molar refractivity (Wildman–Crippen MR) is 97.6 cm³/mol. The average Bonchev–Trinajstić information content (AvgIpc) is 3.31. The van der Waals surface area contributed by atoms with Crippen molar-refractivity contribution in [1.29, 1.82) is 0 Å². The molecule has 1 N–H and O–H groups in total. The monoisotopic (exact) mass is 355 g/mol. The topological polar surface area (TPSA) is 62.3 Å². The summed E-state index contributed by atoms with van der Waals surface area (Å²) in [5, 5.41) is 5.85. The van der Waals surface area contributed by atoms with Gasteiger partial charge >= 0.3 is 0 Å². The molecule has 1 aliphatic carbocycles. The average molecular weight is 355 g/mol. The molecule has 0 saturated carbocycles. The second-order valence-electron chi connectivity index (χ2n) is 6.79. The van der Waals surface area contributed by atoms with Crippen molar-refractivity contribution in [2.45, 2.75) is 39.2 Å². The molecule has 1 fully saturated rings. The smallest absolute Gasteiger partial charge is 0.227 e. The minimum atomic E-state index is -0.291. The summed E-state index contributed by atoms with van der Waals surface area (Å²) < 4.78 is 0. The number of nitrogens with zero attached hydrogens (tertiary/aromatic N) is 2. The van der Waals surface area contributed by atoms with Crippen molar-refractivity contribution in [3.8, 4) is 0 Å². The quantitative estimate of drug-likeness (QED) is 0.917. The molecule has 1 unspecified atom stereocenters. The van der Waals surface area contributed by atoms with Crippen molar-refractivity contribution < 1.29 is 9.59 Å². The van der Waals surface area contributed by atoms with E-state index in [9.17, 15) is 9.59 Å². The van der Waals surface area contributed by atoms with E-state index >= 15 is 0 Å². The third-order valence-corrected chi connectivity index (χ3v) is 5.82. The maximum Gasteiger partial charge on any atom is 0.227 e. The van der Waals surface area contributed by atoms with Crippen LogP contribution in [0.3, 0.4) is 0 Å². The fraction of sp³-hybridized carbons (Fsp3) is 0.421. The molecule has 2 aliphatic rings. The van der Waals surface area contributed by atoms with Gasteiger partial charge < -0.3 is 10.2 Å². The zero-order valence-corrected chi connectivity index (χ0v) is 15.1. The predicted octanol–water partition coefficient (Wildman–Crippen LogP) is 2.61. The van der Waals surface area contributed by atoms with Gasteiger partial charge in [-0.25, -0.2) is 4.98 Å². The van der Waals surface area contributed by atoms with E-state index in [-0.39, 0.29) is 24.2 Å². The molecule has 0 bridgehead atoms. The Hall–Kier alpha value is -2.21. The molecule has 1 aromatic heterocycles. The van der Waals surface area contributed by atoms with Gasteiger partial charge in [0.1, 0.15) is 0 Å². The van der Waals surface area contributed by atoms with E-state index in [1.807, 2.05) is 18.4 Å². The molecular weight excluding hydrogens is 334 g/mol. The first-order chi connectivity index (χ1) is 12.1. The van der Waals surface area contributed by atoms with Crippen LogP contribution in [-0.4, -0.2) is 23.3 Å². The first-order valence-corrected chi connectivity index (χ1v) is 9.59. The third kappa shape index (κ3) is 3.31. The number of amides is 2. The summed E-state index contributed by atoms with van der Waals surface area (Å²) in [6.45, 7) is 2.83. The van der Waals surface area contributed by atoms with Crippen LogP contribution in [0.4, 0.5) is 5.69 Å². The Morgan fingerprint density at radius 1 is 1.36 bits per heavy atom. The summed E-state index contributed by atoms with van der Waals surface area (Å²) in [5.74, 6) is -0.328. The molecule has 1 aromatic carbocycles. The Balaban J connectivity index is 1.40. The van der Waals surface area contributed by atoms with Gasteiger partial charge in [0.25, 0.3) is 0 Å². The molecule has 2 aromatic rings. The van der Waals surface area contributed by atoms with Crippen LogP contribution in [0.5, 0.6) is 0 Å². The van der Waals surface area contributed by atoms with Crippen LogP contribution in [0, 0.1) is 12.8 Å². The first kappa shape index (κ1) is 16.3. The zero-order chi connectivity index (χ0) is 17.4. The second kappa shape index (κ2) is 6.59. The summed E-state index contributed by atoms with van der Waals surface area (Å²) in [6, 6.07) is 6.27. The lowest BCUT2D eigenvalue weighted by atomic mass is 10.1. The van der Waals surface area contributed by atoms with E-state index in [0.717, 1.165) is 29.2 Å². The molecule has 2 amide bonds.